The van der Waals surface area contributed by atoms with Crippen molar-refractivity contribution in [1.82, 2.24) is 4.90 Å². The van der Waals surface area contributed by atoms with Crippen LogP contribution in [0.25, 0.3) is 0 Å². The van der Waals surface area contributed by atoms with Gasteiger partial charge in [-0.2, -0.15) is 0 Å². The molecule has 0 fully saturated rings. The van der Waals surface area contributed by atoms with Crippen molar-refractivity contribution in [1.29, 1.82) is 0 Å². The maximum Gasteiger partial charge on any atom is 0.410 e. The maximum absolute atomic E-state index is 12.0. The zero-order chi connectivity index (χ0) is 18.5. The molecular weight excluding hydrogens is 314 g/mol. The van der Waals surface area contributed by atoms with E-state index in [0.717, 1.165) is 0 Å². The molecule has 1 aromatic rings. The summed E-state index contributed by atoms with van der Waals surface area (Å²) < 4.78 is 10.1. The normalized spacial score (nSPS) is 10.9. The minimum absolute atomic E-state index is 0.0101. The number of ether oxygens (including phenoxy) is 2. The Balaban J connectivity index is 3.11. The molecule has 0 unspecified atom stereocenters. The first-order chi connectivity index (χ1) is 11.1. The molecular formula is C17H23NO6. The van der Waals surface area contributed by atoms with E-state index in [1.165, 1.54) is 18.0 Å². The average molecular weight is 337 g/mol. The van der Waals surface area contributed by atoms with E-state index in [-0.39, 0.29) is 24.3 Å². The number of amides is 1. The van der Waals surface area contributed by atoms with Crippen LogP contribution in [-0.4, -0.2) is 47.3 Å². The molecule has 1 rings (SSSR count). The zero-order valence-electron chi connectivity index (χ0n) is 14.6. The van der Waals surface area contributed by atoms with Crippen molar-refractivity contribution in [3.05, 3.63) is 34.9 Å². The van der Waals surface area contributed by atoms with E-state index in [1.54, 1.807) is 39.8 Å². The minimum atomic E-state index is -1.26. The second kappa shape index (κ2) is 7.81. The molecule has 0 saturated heterocycles. The number of benzene rings is 1. The van der Waals surface area contributed by atoms with Crippen LogP contribution < -0.4 is 0 Å². The average Bonchev–Trinajstić information content (AvgIpc) is 2.45. The molecule has 1 N–H and O–H groups in total. The van der Waals surface area contributed by atoms with Gasteiger partial charge in [0.15, 0.2) is 0 Å². The number of carboxylic acid groups (broad SMARTS) is 1. The van der Waals surface area contributed by atoms with Gasteiger partial charge in [-0.15, -0.1) is 0 Å². The topological polar surface area (TPSA) is 93.1 Å². The molecule has 1 amide bonds. The lowest BCUT2D eigenvalue weighted by atomic mass is 10.0. The monoisotopic (exact) mass is 337 g/mol. The molecule has 0 aliphatic rings. The molecule has 0 saturated carbocycles. The van der Waals surface area contributed by atoms with Crippen molar-refractivity contribution in [2.24, 2.45) is 0 Å². The summed E-state index contributed by atoms with van der Waals surface area (Å²) >= 11 is 0. The predicted molar refractivity (Wildman–Crippen MR) is 87.1 cm³/mol. The first-order valence-electron chi connectivity index (χ1n) is 7.53. The molecule has 1 aromatic carbocycles. The Morgan fingerprint density at radius 2 is 1.83 bits per heavy atom. The summed E-state index contributed by atoms with van der Waals surface area (Å²) in [5.74, 6) is -1.97. The van der Waals surface area contributed by atoms with Gasteiger partial charge in [0, 0.05) is 13.6 Å². The third-order valence-electron chi connectivity index (χ3n) is 2.97. The van der Waals surface area contributed by atoms with Gasteiger partial charge in [-0.1, -0.05) is 12.1 Å². The second-order valence-electron chi connectivity index (χ2n) is 6.20. The number of rotatable bonds is 5. The van der Waals surface area contributed by atoms with Crippen molar-refractivity contribution in [2.45, 2.75) is 39.8 Å². The Kier molecular flexibility index (Phi) is 6.34. The summed E-state index contributed by atoms with van der Waals surface area (Å²) in [5, 5.41) is 9.46. The van der Waals surface area contributed by atoms with Crippen LogP contribution in [0.1, 0.15) is 54.0 Å². The number of hydrogen-bond acceptors (Lipinski definition) is 5. The van der Waals surface area contributed by atoms with E-state index < -0.39 is 23.6 Å². The lowest BCUT2D eigenvalue weighted by Gasteiger charge is -2.25. The lowest BCUT2D eigenvalue weighted by molar-refractivity contribution is 0.0283. The number of hydrogen-bond donors (Lipinski definition) is 1. The molecule has 132 valence electrons. The molecule has 0 bridgehead atoms. The lowest BCUT2D eigenvalue weighted by Crippen LogP contribution is -2.34. The van der Waals surface area contributed by atoms with Gasteiger partial charge in [0.1, 0.15) is 5.60 Å². The van der Waals surface area contributed by atoms with Gasteiger partial charge in [-0.05, 0) is 39.3 Å². The van der Waals surface area contributed by atoms with E-state index in [9.17, 15) is 19.5 Å². The smallest absolute Gasteiger partial charge is 0.410 e. The van der Waals surface area contributed by atoms with Gasteiger partial charge in [0.05, 0.1) is 17.7 Å². The van der Waals surface area contributed by atoms with Crippen LogP contribution in [0, 0.1) is 0 Å². The molecule has 0 heterocycles. The maximum atomic E-state index is 12.0. The summed E-state index contributed by atoms with van der Waals surface area (Å²) in [5.41, 5.74) is -0.555. The third kappa shape index (κ3) is 5.26. The summed E-state index contributed by atoms with van der Waals surface area (Å²) in [4.78, 5) is 36.8. The molecule has 7 nitrogen and oxygen atoms in total. The van der Waals surface area contributed by atoms with Crippen LogP contribution in [0.15, 0.2) is 18.2 Å². The second-order valence-corrected chi connectivity index (χ2v) is 6.20. The quantitative estimate of drug-likeness (QED) is 0.830. The number of esters is 1. The fourth-order valence-corrected chi connectivity index (χ4v) is 2.02. The highest BCUT2D eigenvalue weighted by atomic mass is 16.6. The number of aromatic carboxylic acids is 1. The highest BCUT2D eigenvalue weighted by Crippen LogP contribution is 2.19. The number of carbonyl (C=O) groups is 3. The van der Waals surface area contributed by atoms with Gasteiger partial charge < -0.3 is 19.5 Å². The molecule has 0 aliphatic heterocycles. The summed E-state index contributed by atoms with van der Waals surface area (Å²) in [6.45, 7) is 6.98. The molecule has 7 heteroatoms. The Labute approximate surface area is 141 Å². The van der Waals surface area contributed by atoms with E-state index in [4.69, 9.17) is 9.47 Å². The largest absolute Gasteiger partial charge is 0.478 e. The van der Waals surface area contributed by atoms with Gasteiger partial charge >= 0.3 is 18.0 Å². The Hall–Kier alpha value is -2.57. The fourth-order valence-electron chi connectivity index (χ4n) is 2.02. The van der Waals surface area contributed by atoms with E-state index in [0.29, 0.717) is 5.56 Å². The van der Waals surface area contributed by atoms with Crippen molar-refractivity contribution in [2.75, 3.05) is 13.7 Å². The van der Waals surface area contributed by atoms with Crippen molar-refractivity contribution >= 4 is 18.0 Å². The summed E-state index contributed by atoms with van der Waals surface area (Å²) in [6, 6.07) is 4.49. The van der Waals surface area contributed by atoms with E-state index in [1.807, 2.05) is 0 Å². The third-order valence-corrected chi connectivity index (χ3v) is 2.97. The van der Waals surface area contributed by atoms with Crippen molar-refractivity contribution in [3.63, 3.8) is 0 Å². The minimum Gasteiger partial charge on any atom is -0.478 e. The van der Waals surface area contributed by atoms with E-state index >= 15 is 0 Å². The Morgan fingerprint density at radius 3 is 2.33 bits per heavy atom. The van der Waals surface area contributed by atoms with Crippen LogP contribution in [0.5, 0.6) is 0 Å². The first kappa shape index (κ1) is 19.5. The fraction of sp³-hybridized carbons (Fsp3) is 0.471. The van der Waals surface area contributed by atoms with Gasteiger partial charge in [0.2, 0.25) is 0 Å². The molecule has 0 aromatic heterocycles. The first-order valence-corrected chi connectivity index (χ1v) is 7.53. The number of carbonyl (C=O) groups excluding carboxylic acids is 2. The summed E-state index contributed by atoms with van der Waals surface area (Å²) in [6.07, 6.45) is -0.583. The molecule has 0 radical (unpaired) electrons. The van der Waals surface area contributed by atoms with Crippen molar-refractivity contribution in [3.8, 4) is 0 Å². The van der Waals surface area contributed by atoms with Crippen LogP contribution in [0.4, 0.5) is 4.79 Å². The highest BCUT2D eigenvalue weighted by molar-refractivity contribution is 6.03. The van der Waals surface area contributed by atoms with Crippen LogP contribution in [0.3, 0.4) is 0 Å². The standard InChI is InChI=1S/C17H23NO6/c1-6-23-15(21)12-9-7-8-11(13(12)14(19)20)10-18(5)16(22)24-17(2,3)4/h7-9H,6,10H2,1-5H3,(H,19,20). The Morgan fingerprint density at radius 1 is 1.21 bits per heavy atom. The van der Waals surface area contributed by atoms with Crippen molar-refractivity contribution < 1.29 is 29.0 Å². The number of nitrogens with zero attached hydrogens (tertiary/aromatic N) is 1. The van der Waals surface area contributed by atoms with Gasteiger partial charge in [0.25, 0.3) is 0 Å². The predicted octanol–water partition coefficient (Wildman–Crippen LogP) is 2.93. The summed E-state index contributed by atoms with van der Waals surface area (Å²) in [7, 11) is 1.50. The van der Waals surface area contributed by atoms with Gasteiger partial charge in [-0.25, -0.2) is 14.4 Å². The Bertz CT molecular complexity index is 632. The molecule has 0 spiro atoms. The molecule has 0 atom stereocenters. The van der Waals surface area contributed by atoms with Gasteiger partial charge in [-0.3, -0.25) is 0 Å². The zero-order valence-corrected chi connectivity index (χ0v) is 14.6. The van der Waals surface area contributed by atoms with Crippen LogP contribution >= 0.6 is 0 Å². The van der Waals surface area contributed by atoms with Crippen LogP contribution in [0.2, 0.25) is 0 Å². The van der Waals surface area contributed by atoms with E-state index in [2.05, 4.69) is 0 Å². The molecule has 24 heavy (non-hydrogen) atoms. The number of carboxylic acids is 1. The molecule has 0 aliphatic carbocycles. The van der Waals surface area contributed by atoms with Crippen LogP contribution in [-0.2, 0) is 16.0 Å². The highest BCUT2D eigenvalue weighted by Gasteiger charge is 2.24. The SMILES string of the molecule is CCOC(=O)c1cccc(CN(C)C(=O)OC(C)(C)C)c1C(=O)O.